The van der Waals surface area contributed by atoms with Gasteiger partial charge in [-0.25, -0.2) is 5.48 Å². The van der Waals surface area contributed by atoms with Gasteiger partial charge < -0.3 is 5.32 Å². The van der Waals surface area contributed by atoms with Gasteiger partial charge in [0, 0.05) is 16.0 Å². The lowest BCUT2D eigenvalue weighted by Crippen LogP contribution is -2.22. The highest BCUT2D eigenvalue weighted by molar-refractivity contribution is 7.20. The number of benzene rings is 2. The van der Waals surface area contributed by atoms with Crippen LogP contribution in [-0.2, 0) is 4.79 Å². The predicted octanol–water partition coefficient (Wildman–Crippen LogP) is 2.84. The topological polar surface area (TPSA) is 95.5 Å². The molecule has 3 aromatic rings. The van der Waals surface area contributed by atoms with E-state index in [1.165, 1.54) is 11.3 Å². The van der Waals surface area contributed by atoms with Gasteiger partial charge >= 0.3 is 0 Å². The lowest BCUT2D eigenvalue weighted by molar-refractivity contribution is -0.112. The number of amides is 2. The smallest absolute Gasteiger partial charge is 0.296 e. The maximum atomic E-state index is 12.1. The SMILES string of the molecule is O=C(Nc1ccc2cc(C(=O)NO)sc2c1)C(=O)c1ccccc1. The minimum Gasteiger partial charge on any atom is -0.319 e. The van der Waals surface area contributed by atoms with Gasteiger partial charge in [-0.2, -0.15) is 0 Å². The summed E-state index contributed by atoms with van der Waals surface area (Å²) in [5.41, 5.74) is 2.35. The Morgan fingerprint density at radius 3 is 2.42 bits per heavy atom. The van der Waals surface area contributed by atoms with Crippen LogP contribution in [0.15, 0.2) is 54.6 Å². The summed E-state index contributed by atoms with van der Waals surface area (Å²) in [6.45, 7) is 0. The molecule has 0 radical (unpaired) electrons. The number of rotatable bonds is 4. The van der Waals surface area contributed by atoms with Crippen LogP contribution in [0.4, 0.5) is 5.69 Å². The molecule has 2 amide bonds. The van der Waals surface area contributed by atoms with E-state index >= 15 is 0 Å². The number of ketones is 1. The van der Waals surface area contributed by atoms with Gasteiger partial charge in [0.05, 0.1) is 4.88 Å². The Labute approximate surface area is 140 Å². The van der Waals surface area contributed by atoms with Crippen LogP contribution in [0.3, 0.4) is 0 Å². The number of thiophene rings is 1. The Morgan fingerprint density at radius 2 is 1.71 bits per heavy atom. The summed E-state index contributed by atoms with van der Waals surface area (Å²) in [4.78, 5) is 35.9. The van der Waals surface area contributed by atoms with Crippen LogP contribution in [0.2, 0.25) is 0 Å². The molecule has 24 heavy (non-hydrogen) atoms. The van der Waals surface area contributed by atoms with E-state index in [2.05, 4.69) is 5.32 Å². The normalized spacial score (nSPS) is 10.4. The fourth-order valence-corrected chi connectivity index (χ4v) is 3.18. The van der Waals surface area contributed by atoms with Crippen molar-refractivity contribution in [3.63, 3.8) is 0 Å². The largest absolute Gasteiger partial charge is 0.319 e. The molecule has 2 aromatic carbocycles. The van der Waals surface area contributed by atoms with Crippen LogP contribution in [0.5, 0.6) is 0 Å². The summed E-state index contributed by atoms with van der Waals surface area (Å²) < 4.78 is 0.749. The number of hydroxylamine groups is 1. The molecule has 0 aliphatic heterocycles. The fraction of sp³-hybridized carbons (Fsp3) is 0. The summed E-state index contributed by atoms with van der Waals surface area (Å²) >= 11 is 1.17. The molecule has 0 atom stereocenters. The summed E-state index contributed by atoms with van der Waals surface area (Å²) in [5.74, 6) is -1.95. The van der Waals surface area contributed by atoms with Crippen LogP contribution in [0.1, 0.15) is 20.0 Å². The number of fused-ring (bicyclic) bond motifs is 1. The standard InChI is InChI=1S/C17H12N2O4S/c20-15(10-4-2-1-3-5-10)17(22)18-12-7-6-11-8-14(16(21)19-23)24-13(11)9-12/h1-9,23H,(H,18,22)(H,19,21). The third-order valence-corrected chi connectivity index (χ3v) is 4.44. The Bertz CT molecular complexity index is 934. The number of nitrogens with one attached hydrogen (secondary N) is 2. The average molecular weight is 340 g/mol. The predicted molar refractivity (Wildman–Crippen MR) is 90.5 cm³/mol. The maximum Gasteiger partial charge on any atom is 0.296 e. The van der Waals surface area contributed by atoms with Crippen LogP contribution in [0.25, 0.3) is 10.1 Å². The average Bonchev–Trinajstić information content (AvgIpc) is 3.04. The van der Waals surface area contributed by atoms with Gasteiger partial charge in [0.1, 0.15) is 0 Å². The van der Waals surface area contributed by atoms with Crippen molar-refractivity contribution in [2.24, 2.45) is 0 Å². The van der Waals surface area contributed by atoms with Crippen molar-refractivity contribution in [1.29, 1.82) is 0 Å². The lowest BCUT2D eigenvalue weighted by atomic mass is 10.1. The molecule has 7 heteroatoms. The minimum absolute atomic E-state index is 0.314. The molecule has 0 saturated carbocycles. The molecular formula is C17H12N2O4S. The summed E-state index contributed by atoms with van der Waals surface area (Å²) in [6, 6.07) is 15.0. The van der Waals surface area contributed by atoms with Crippen molar-refractivity contribution in [1.82, 2.24) is 5.48 Å². The van der Waals surface area contributed by atoms with Crippen LogP contribution < -0.4 is 10.8 Å². The quantitative estimate of drug-likeness (QED) is 0.294. The minimum atomic E-state index is -0.731. The molecule has 6 nitrogen and oxygen atoms in total. The van der Waals surface area contributed by atoms with Crippen molar-refractivity contribution in [3.8, 4) is 0 Å². The van der Waals surface area contributed by atoms with Gasteiger partial charge in [-0.05, 0) is 23.6 Å². The highest BCUT2D eigenvalue weighted by Crippen LogP contribution is 2.28. The second kappa shape index (κ2) is 6.61. The Kier molecular flexibility index (Phi) is 4.37. The molecular weight excluding hydrogens is 328 g/mol. The fourth-order valence-electron chi connectivity index (χ4n) is 2.18. The van der Waals surface area contributed by atoms with E-state index in [1.54, 1.807) is 60.1 Å². The molecule has 0 bridgehead atoms. The highest BCUT2D eigenvalue weighted by atomic mass is 32.1. The Hall–Kier alpha value is -3.03. The first-order chi connectivity index (χ1) is 11.6. The maximum absolute atomic E-state index is 12.1. The van der Waals surface area contributed by atoms with Crippen molar-refractivity contribution < 1.29 is 19.6 Å². The third-order valence-electron chi connectivity index (χ3n) is 3.35. The molecule has 120 valence electrons. The van der Waals surface area contributed by atoms with Gasteiger partial charge in [-0.3, -0.25) is 19.6 Å². The number of hydrogen-bond acceptors (Lipinski definition) is 5. The monoisotopic (exact) mass is 340 g/mol. The van der Waals surface area contributed by atoms with Gasteiger partial charge in [0.2, 0.25) is 0 Å². The molecule has 3 rings (SSSR count). The van der Waals surface area contributed by atoms with Gasteiger partial charge in [0.25, 0.3) is 17.6 Å². The van der Waals surface area contributed by atoms with Crippen LogP contribution >= 0.6 is 11.3 Å². The van der Waals surface area contributed by atoms with E-state index in [1.807, 2.05) is 0 Å². The number of hydrogen-bond donors (Lipinski definition) is 3. The van der Waals surface area contributed by atoms with E-state index in [4.69, 9.17) is 5.21 Å². The lowest BCUT2D eigenvalue weighted by Gasteiger charge is -2.04. The molecule has 3 N–H and O–H groups in total. The first-order valence-electron chi connectivity index (χ1n) is 6.97. The van der Waals surface area contributed by atoms with Crippen molar-refractivity contribution in [3.05, 3.63) is 65.0 Å². The van der Waals surface area contributed by atoms with Crippen LogP contribution in [-0.4, -0.2) is 22.8 Å². The van der Waals surface area contributed by atoms with Gasteiger partial charge in [0.15, 0.2) is 0 Å². The zero-order chi connectivity index (χ0) is 17.1. The first kappa shape index (κ1) is 15.9. The second-order valence-electron chi connectivity index (χ2n) is 4.95. The first-order valence-corrected chi connectivity index (χ1v) is 7.79. The summed E-state index contributed by atoms with van der Waals surface area (Å²) in [5, 5.41) is 12.0. The van der Waals surface area contributed by atoms with Crippen molar-refractivity contribution >= 4 is 44.7 Å². The number of carbonyl (C=O) groups is 3. The van der Waals surface area contributed by atoms with E-state index in [0.717, 1.165) is 10.1 Å². The molecule has 0 aliphatic carbocycles. The molecule has 0 fully saturated rings. The van der Waals surface area contributed by atoms with E-state index in [0.29, 0.717) is 16.1 Å². The van der Waals surface area contributed by atoms with E-state index in [-0.39, 0.29) is 0 Å². The second-order valence-corrected chi connectivity index (χ2v) is 6.04. The third kappa shape index (κ3) is 3.17. The van der Waals surface area contributed by atoms with E-state index < -0.39 is 17.6 Å². The Morgan fingerprint density at radius 1 is 0.958 bits per heavy atom. The van der Waals surface area contributed by atoms with Crippen molar-refractivity contribution in [2.75, 3.05) is 5.32 Å². The zero-order valence-corrected chi connectivity index (χ0v) is 13.1. The highest BCUT2D eigenvalue weighted by Gasteiger charge is 2.16. The van der Waals surface area contributed by atoms with Crippen LogP contribution in [0, 0.1) is 0 Å². The molecule has 0 aliphatic rings. The number of Topliss-reactive ketones (excluding diaryl/α,β-unsaturated/α-hetero) is 1. The molecule has 0 unspecified atom stereocenters. The number of carbonyl (C=O) groups excluding carboxylic acids is 3. The summed E-state index contributed by atoms with van der Waals surface area (Å²) in [6.07, 6.45) is 0. The summed E-state index contributed by atoms with van der Waals surface area (Å²) in [7, 11) is 0. The molecule has 1 aromatic heterocycles. The molecule has 1 heterocycles. The van der Waals surface area contributed by atoms with Gasteiger partial charge in [-0.15, -0.1) is 11.3 Å². The molecule has 0 spiro atoms. The number of anilines is 1. The zero-order valence-electron chi connectivity index (χ0n) is 12.3. The van der Waals surface area contributed by atoms with Crippen molar-refractivity contribution in [2.45, 2.75) is 0 Å². The Balaban J connectivity index is 1.81. The molecule has 0 saturated heterocycles. The van der Waals surface area contributed by atoms with E-state index in [9.17, 15) is 14.4 Å². The van der Waals surface area contributed by atoms with Gasteiger partial charge in [-0.1, -0.05) is 36.4 Å².